The fourth-order valence-corrected chi connectivity index (χ4v) is 1.78. The molecule has 0 saturated heterocycles. The summed E-state index contributed by atoms with van der Waals surface area (Å²) in [6, 6.07) is 4.00. The molecule has 4 N–H and O–H groups in total. The van der Waals surface area contributed by atoms with E-state index in [1.54, 1.807) is 6.20 Å². The number of rotatable bonds is 3. The molecule has 5 nitrogen and oxygen atoms in total. The molecule has 6 heteroatoms. The van der Waals surface area contributed by atoms with Gasteiger partial charge in [0.05, 0.1) is 18.3 Å². The molecule has 17 heavy (non-hydrogen) atoms. The normalized spacial score (nSPS) is 10.5. The van der Waals surface area contributed by atoms with Crippen LogP contribution in [0.3, 0.4) is 0 Å². The van der Waals surface area contributed by atoms with Gasteiger partial charge in [-0.2, -0.15) is 5.10 Å². The molecule has 0 unspecified atom stereocenters. The Morgan fingerprint density at radius 3 is 3.12 bits per heavy atom. The molecule has 0 atom stereocenters. The first-order valence-electron chi connectivity index (χ1n) is 5.30. The van der Waals surface area contributed by atoms with Crippen molar-refractivity contribution in [1.29, 1.82) is 0 Å². The van der Waals surface area contributed by atoms with Gasteiger partial charge in [0.25, 0.3) is 0 Å². The van der Waals surface area contributed by atoms with Gasteiger partial charge >= 0.3 is 0 Å². The van der Waals surface area contributed by atoms with E-state index in [-0.39, 0.29) is 6.61 Å². The number of aromatic nitrogens is 2. The van der Waals surface area contributed by atoms with E-state index in [1.807, 2.05) is 19.1 Å². The van der Waals surface area contributed by atoms with Crippen LogP contribution >= 0.6 is 12.2 Å². The van der Waals surface area contributed by atoms with Crippen molar-refractivity contribution in [3.8, 4) is 0 Å². The standard InChI is InChI=1S/C11H14N4OS/c1-7-4-10-8(6-13-15-10)5-9(7)14-11(17)12-2-3-16/h4-6,16H,2-3H2,1H3,(H,13,15)(H2,12,14,17). The largest absolute Gasteiger partial charge is 0.395 e. The average Bonchev–Trinajstić information content (AvgIpc) is 2.74. The lowest BCUT2D eigenvalue weighted by Crippen LogP contribution is -2.30. The van der Waals surface area contributed by atoms with E-state index in [4.69, 9.17) is 17.3 Å². The van der Waals surface area contributed by atoms with Gasteiger partial charge in [-0.3, -0.25) is 5.10 Å². The zero-order chi connectivity index (χ0) is 12.3. The Hall–Kier alpha value is -1.66. The quantitative estimate of drug-likeness (QED) is 0.615. The van der Waals surface area contributed by atoms with Gasteiger partial charge in [-0.1, -0.05) is 0 Å². The number of benzene rings is 1. The van der Waals surface area contributed by atoms with Crippen molar-refractivity contribution in [2.75, 3.05) is 18.5 Å². The third-order valence-electron chi connectivity index (χ3n) is 2.43. The summed E-state index contributed by atoms with van der Waals surface area (Å²) in [6.07, 6.45) is 1.77. The average molecular weight is 250 g/mol. The number of H-pyrrole nitrogens is 1. The van der Waals surface area contributed by atoms with Crippen molar-refractivity contribution >= 4 is 33.9 Å². The van der Waals surface area contributed by atoms with Crippen LogP contribution in [0.4, 0.5) is 5.69 Å². The predicted molar refractivity (Wildman–Crippen MR) is 72.1 cm³/mol. The molecule has 2 aromatic rings. The molecule has 90 valence electrons. The highest BCUT2D eigenvalue weighted by atomic mass is 32.1. The lowest BCUT2D eigenvalue weighted by molar-refractivity contribution is 0.301. The van der Waals surface area contributed by atoms with Gasteiger partial charge in [0.15, 0.2) is 5.11 Å². The molecule has 0 saturated carbocycles. The highest BCUT2D eigenvalue weighted by Gasteiger charge is 2.04. The number of fused-ring (bicyclic) bond motifs is 1. The Labute approximate surface area is 104 Å². The van der Waals surface area contributed by atoms with Gasteiger partial charge in [-0.25, -0.2) is 0 Å². The summed E-state index contributed by atoms with van der Waals surface area (Å²) in [5.41, 5.74) is 3.02. The van der Waals surface area contributed by atoms with Gasteiger partial charge in [0.1, 0.15) is 0 Å². The molecule has 1 heterocycles. The summed E-state index contributed by atoms with van der Waals surface area (Å²) in [4.78, 5) is 0. The second kappa shape index (κ2) is 5.11. The second-order valence-corrected chi connectivity index (χ2v) is 4.14. The monoisotopic (exact) mass is 250 g/mol. The van der Waals surface area contributed by atoms with Gasteiger partial charge < -0.3 is 15.7 Å². The Balaban J connectivity index is 2.17. The van der Waals surface area contributed by atoms with Crippen molar-refractivity contribution in [3.05, 3.63) is 23.9 Å². The number of aryl methyl sites for hydroxylation is 1. The van der Waals surface area contributed by atoms with Crippen molar-refractivity contribution in [2.45, 2.75) is 6.92 Å². The zero-order valence-electron chi connectivity index (χ0n) is 9.45. The Bertz CT molecular complexity index is 537. The Morgan fingerprint density at radius 1 is 1.53 bits per heavy atom. The highest BCUT2D eigenvalue weighted by molar-refractivity contribution is 7.80. The maximum absolute atomic E-state index is 8.69. The minimum Gasteiger partial charge on any atom is -0.395 e. The maximum atomic E-state index is 8.69. The topological polar surface area (TPSA) is 73.0 Å². The lowest BCUT2D eigenvalue weighted by Gasteiger charge is -2.11. The van der Waals surface area contributed by atoms with Crippen molar-refractivity contribution in [2.24, 2.45) is 0 Å². The van der Waals surface area contributed by atoms with E-state index in [0.29, 0.717) is 11.7 Å². The minimum absolute atomic E-state index is 0.0571. The molecular weight excluding hydrogens is 236 g/mol. The summed E-state index contributed by atoms with van der Waals surface area (Å²) >= 11 is 5.11. The molecule has 1 aromatic carbocycles. The number of hydrogen-bond donors (Lipinski definition) is 4. The molecule has 0 aliphatic carbocycles. The third kappa shape index (κ3) is 2.72. The zero-order valence-corrected chi connectivity index (χ0v) is 10.3. The molecule has 2 rings (SSSR count). The smallest absolute Gasteiger partial charge is 0.170 e. The van der Waals surface area contributed by atoms with E-state index in [2.05, 4.69) is 20.8 Å². The second-order valence-electron chi connectivity index (χ2n) is 3.73. The molecule has 1 aromatic heterocycles. The number of nitrogens with one attached hydrogen (secondary N) is 3. The number of thiocarbonyl (C=S) groups is 1. The number of aliphatic hydroxyl groups is 1. The SMILES string of the molecule is Cc1cc2[nH]ncc2cc1NC(=S)NCCO. The van der Waals surface area contributed by atoms with E-state index in [1.165, 1.54) is 0 Å². The molecule has 0 spiro atoms. The van der Waals surface area contributed by atoms with Crippen molar-refractivity contribution < 1.29 is 5.11 Å². The fourth-order valence-electron chi connectivity index (χ4n) is 1.57. The summed E-state index contributed by atoms with van der Waals surface area (Å²) < 4.78 is 0. The molecule has 0 bridgehead atoms. The van der Waals surface area contributed by atoms with Gasteiger partial charge in [-0.15, -0.1) is 0 Å². The van der Waals surface area contributed by atoms with Crippen LogP contribution in [-0.4, -0.2) is 33.6 Å². The first-order valence-corrected chi connectivity index (χ1v) is 5.71. The van der Waals surface area contributed by atoms with Gasteiger partial charge in [-0.05, 0) is 36.8 Å². The van der Waals surface area contributed by atoms with Crippen LogP contribution in [0.2, 0.25) is 0 Å². The van der Waals surface area contributed by atoms with Crippen LogP contribution in [0, 0.1) is 6.92 Å². The van der Waals surface area contributed by atoms with Gasteiger partial charge in [0, 0.05) is 17.6 Å². The summed E-state index contributed by atoms with van der Waals surface area (Å²) in [5.74, 6) is 0. The van der Waals surface area contributed by atoms with Crippen LogP contribution in [0.5, 0.6) is 0 Å². The molecule has 0 fully saturated rings. The maximum Gasteiger partial charge on any atom is 0.170 e. The van der Waals surface area contributed by atoms with Crippen molar-refractivity contribution in [3.63, 3.8) is 0 Å². The van der Waals surface area contributed by atoms with Crippen LogP contribution in [0.15, 0.2) is 18.3 Å². The number of aromatic amines is 1. The predicted octanol–water partition coefficient (Wildman–Crippen LogP) is 1.15. The number of anilines is 1. The van der Waals surface area contributed by atoms with Crippen LogP contribution in [0.25, 0.3) is 10.9 Å². The van der Waals surface area contributed by atoms with E-state index < -0.39 is 0 Å². The van der Waals surface area contributed by atoms with Crippen LogP contribution < -0.4 is 10.6 Å². The fraction of sp³-hybridized carbons (Fsp3) is 0.273. The number of nitrogens with zero attached hydrogens (tertiary/aromatic N) is 1. The number of hydrogen-bond acceptors (Lipinski definition) is 3. The molecule has 0 amide bonds. The minimum atomic E-state index is 0.0571. The first-order chi connectivity index (χ1) is 8.20. The molecule has 0 aliphatic rings. The number of aliphatic hydroxyl groups excluding tert-OH is 1. The molecule has 0 aliphatic heterocycles. The van der Waals surface area contributed by atoms with E-state index >= 15 is 0 Å². The summed E-state index contributed by atoms with van der Waals surface area (Å²) in [5, 5.41) is 23.1. The summed E-state index contributed by atoms with van der Waals surface area (Å²) in [6.45, 7) is 2.50. The molecule has 0 radical (unpaired) electrons. The Kier molecular flexibility index (Phi) is 3.55. The third-order valence-corrected chi connectivity index (χ3v) is 2.68. The van der Waals surface area contributed by atoms with E-state index in [9.17, 15) is 0 Å². The highest BCUT2D eigenvalue weighted by Crippen LogP contribution is 2.21. The first kappa shape index (κ1) is 11.8. The van der Waals surface area contributed by atoms with Crippen molar-refractivity contribution in [1.82, 2.24) is 15.5 Å². The Morgan fingerprint density at radius 2 is 2.35 bits per heavy atom. The van der Waals surface area contributed by atoms with Gasteiger partial charge in [0.2, 0.25) is 0 Å². The molecular formula is C11H14N4OS. The lowest BCUT2D eigenvalue weighted by atomic mass is 10.1. The van der Waals surface area contributed by atoms with Crippen LogP contribution in [-0.2, 0) is 0 Å². The van der Waals surface area contributed by atoms with Crippen LogP contribution in [0.1, 0.15) is 5.56 Å². The summed E-state index contributed by atoms with van der Waals surface area (Å²) in [7, 11) is 0. The van der Waals surface area contributed by atoms with E-state index in [0.717, 1.165) is 22.2 Å².